The van der Waals surface area contributed by atoms with Crippen LogP contribution in [0.3, 0.4) is 0 Å². The number of hydrogen-bond acceptors (Lipinski definition) is 4. The summed E-state index contributed by atoms with van der Waals surface area (Å²) in [5.41, 5.74) is 0.986. The molecule has 0 N–H and O–H groups in total. The number of carbonyl (C=O) groups is 1. The van der Waals surface area contributed by atoms with E-state index in [9.17, 15) is 9.18 Å². The average molecular weight is 360 g/mol. The lowest BCUT2D eigenvalue weighted by Crippen LogP contribution is -2.35. The molecule has 0 bridgehead atoms. The Morgan fingerprint density at radius 1 is 1.16 bits per heavy atom. The number of halogens is 1. The molecule has 1 aliphatic heterocycles. The second-order valence-corrected chi connectivity index (χ2v) is 7.32. The second kappa shape index (κ2) is 7.68. The maximum Gasteiger partial charge on any atom is 0.159 e. The van der Waals surface area contributed by atoms with E-state index in [1.165, 1.54) is 24.8 Å². The number of ketones is 1. The lowest BCUT2D eigenvalue weighted by molar-refractivity contribution is -0.0950. The summed E-state index contributed by atoms with van der Waals surface area (Å²) in [5, 5.41) is 0. The first-order valence-electron chi connectivity index (χ1n) is 8.25. The van der Waals surface area contributed by atoms with Gasteiger partial charge in [-0.15, -0.1) is 0 Å². The van der Waals surface area contributed by atoms with E-state index in [1.54, 1.807) is 19.2 Å². The van der Waals surface area contributed by atoms with Crippen molar-refractivity contribution in [3.05, 3.63) is 59.4 Å². The highest BCUT2D eigenvalue weighted by Crippen LogP contribution is 2.39. The largest absolute Gasteiger partial charge is 0.381 e. The number of ether oxygens (including phenoxy) is 2. The summed E-state index contributed by atoms with van der Waals surface area (Å²) in [7, 11) is 1.67. The zero-order valence-electron chi connectivity index (χ0n) is 14.4. The summed E-state index contributed by atoms with van der Waals surface area (Å²) in [6.07, 6.45) is 1.41. The van der Waals surface area contributed by atoms with Crippen LogP contribution in [0.15, 0.2) is 52.3 Å². The molecule has 0 atom stereocenters. The third kappa shape index (κ3) is 4.11. The van der Waals surface area contributed by atoms with Crippen LogP contribution in [0.1, 0.15) is 35.7 Å². The fourth-order valence-electron chi connectivity index (χ4n) is 3.11. The molecule has 0 radical (unpaired) electrons. The minimum atomic E-state index is -0.503. The molecule has 0 aliphatic carbocycles. The van der Waals surface area contributed by atoms with Crippen LogP contribution in [-0.4, -0.2) is 26.1 Å². The molecule has 1 saturated heterocycles. The Balaban J connectivity index is 1.91. The predicted molar refractivity (Wildman–Crippen MR) is 95.7 cm³/mol. The summed E-state index contributed by atoms with van der Waals surface area (Å²) in [5.74, 6) is -0.270. The van der Waals surface area contributed by atoms with Crippen molar-refractivity contribution in [1.29, 1.82) is 0 Å². The van der Waals surface area contributed by atoms with Crippen LogP contribution in [0.2, 0.25) is 0 Å². The van der Waals surface area contributed by atoms with Crippen molar-refractivity contribution in [2.75, 3.05) is 20.3 Å². The van der Waals surface area contributed by atoms with Gasteiger partial charge in [-0.2, -0.15) is 0 Å². The Bertz CT molecular complexity index is 769. The Kier molecular flexibility index (Phi) is 5.57. The number of methoxy groups -OCH3 is 1. The standard InChI is InChI=1S/C20H21FO3S/c1-14(22)15-4-3-5-18(10-15)25-19-12-16(11-17(21)13-19)20(23-2)6-8-24-9-7-20/h3-5,10-13H,6-9H2,1-2H3. The summed E-state index contributed by atoms with van der Waals surface area (Å²) in [4.78, 5) is 13.2. The Hall–Kier alpha value is -1.69. The van der Waals surface area contributed by atoms with Crippen molar-refractivity contribution in [3.8, 4) is 0 Å². The molecule has 132 valence electrons. The van der Waals surface area contributed by atoms with E-state index < -0.39 is 5.60 Å². The van der Waals surface area contributed by atoms with Crippen LogP contribution in [0.4, 0.5) is 4.39 Å². The van der Waals surface area contributed by atoms with E-state index in [-0.39, 0.29) is 11.6 Å². The summed E-state index contributed by atoms with van der Waals surface area (Å²) < 4.78 is 25.4. The van der Waals surface area contributed by atoms with Crippen molar-refractivity contribution < 1.29 is 18.7 Å². The smallest absolute Gasteiger partial charge is 0.159 e. The number of rotatable bonds is 5. The molecule has 1 heterocycles. The van der Waals surface area contributed by atoms with Gasteiger partial charge < -0.3 is 9.47 Å². The van der Waals surface area contributed by atoms with Crippen molar-refractivity contribution in [2.45, 2.75) is 35.2 Å². The van der Waals surface area contributed by atoms with Crippen molar-refractivity contribution >= 4 is 17.5 Å². The van der Waals surface area contributed by atoms with E-state index in [1.807, 2.05) is 24.3 Å². The zero-order chi connectivity index (χ0) is 17.9. The highest BCUT2D eigenvalue weighted by molar-refractivity contribution is 7.99. The van der Waals surface area contributed by atoms with Crippen LogP contribution in [0.25, 0.3) is 0 Å². The topological polar surface area (TPSA) is 35.5 Å². The number of benzene rings is 2. The molecule has 3 rings (SSSR count). The fraction of sp³-hybridized carbons (Fsp3) is 0.350. The lowest BCUT2D eigenvalue weighted by Gasteiger charge is -2.36. The highest BCUT2D eigenvalue weighted by Gasteiger charge is 2.35. The fourth-order valence-corrected chi connectivity index (χ4v) is 4.07. The Labute approximate surface area is 151 Å². The van der Waals surface area contributed by atoms with E-state index in [4.69, 9.17) is 9.47 Å². The molecule has 2 aromatic rings. The minimum Gasteiger partial charge on any atom is -0.381 e. The lowest BCUT2D eigenvalue weighted by atomic mass is 9.86. The molecule has 0 spiro atoms. The van der Waals surface area contributed by atoms with Gasteiger partial charge in [0.15, 0.2) is 5.78 Å². The first kappa shape index (κ1) is 18.1. The minimum absolute atomic E-state index is 0.0166. The van der Waals surface area contributed by atoms with Crippen LogP contribution in [0, 0.1) is 5.82 Å². The van der Waals surface area contributed by atoms with Gasteiger partial charge in [-0.1, -0.05) is 23.9 Å². The van der Waals surface area contributed by atoms with Crippen LogP contribution in [0.5, 0.6) is 0 Å². The molecule has 2 aromatic carbocycles. The SMILES string of the molecule is COC1(c2cc(F)cc(Sc3cccc(C(C)=O)c3)c2)CCOCC1. The Morgan fingerprint density at radius 3 is 2.60 bits per heavy atom. The zero-order valence-corrected chi connectivity index (χ0v) is 15.2. The van der Waals surface area contributed by atoms with Crippen molar-refractivity contribution in [1.82, 2.24) is 0 Å². The molecule has 0 unspecified atom stereocenters. The van der Waals surface area contributed by atoms with Gasteiger partial charge in [0.05, 0.1) is 5.60 Å². The van der Waals surface area contributed by atoms with Gasteiger partial charge >= 0.3 is 0 Å². The van der Waals surface area contributed by atoms with Crippen LogP contribution >= 0.6 is 11.8 Å². The quantitative estimate of drug-likeness (QED) is 0.716. The summed E-state index contributed by atoms with van der Waals surface area (Å²) in [6, 6.07) is 12.4. The van der Waals surface area contributed by atoms with Gasteiger partial charge in [0.25, 0.3) is 0 Å². The summed E-state index contributed by atoms with van der Waals surface area (Å²) >= 11 is 1.44. The number of Topliss-reactive ketones (excluding diaryl/α,β-unsaturated/α-hetero) is 1. The van der Waals surface area contributed by atoms with Gasteiger partial charge in [0.2, 0.25) is 0 Å². The van der Waals surface area contributed by atoms with Gasteiger partial charge in [-0.3, -0.25) is 4.79 Å². The molecular weight excluding hydrogens is 339 g/mol. The monoisotopic (exact) mass is 360 g/mol. The molecule has 1 aliphatic rings. The third-order valence-corrected chi connectivity index (χ3v) is 5.53. The average Bonchev–Trinajstić information content (AvgIpc) is 2.62. The molecule has 25 heavy (non-hydrogen) atoms. The number of hydrogen-bond donors (Lipinski definition) is 0. The van der Waals surface area contributed by atoms with Crippen LogP contribution < -0.4 is 0 Å². The molecular formula is C20H21FO3S. The first-order chi connectivity index (χ1) is 12.0. The van der Waals surface area contributed by atoms with Gasteiger partial charge in [0.1, 0.15) is 5.82 Å². The normalized spacial score (nSPS) is 16.6. The molecule has 0 saturated carbocycles. The van der Waals surface area contributed by atoms with Gasteiger partial charge in [0, 0.05) is 48.5 Å². The van der Waals surface area contributed by atoms with E-state index in [2.05, 4.69) is 0 Å². The van der Waals surface area contributed by atoms with E-state index in [0.717, 1.165) is 15.4 Å². The molecule has 5 heteroatoms. The highest BCUT2D eigenvalue weighted by atomic mass is 32.2. The van der Waals surface area contributed by atoms with E-state index >= 15 is 0 Å². The predicted octanol–water partition coefficient (Wildman–Crippen LogP) is 4.83. The van der Waals surface area contributed by atoms with Gasteiger partial charge in [-0.05, 0) is 42.8 Å². The Morgan fingerprint density at radius 2 is 1.92 bits per heavy atom. The molecule has 0 amide bonds. The van der Waals surface area contributed by atoms with Crippen molar-refractivity contribution in [3.63, 3.8) is 0 Å². The van der Waals surface area contributed by atoms with E-state index in [0.29, 0.717) is 31.6 Å². The molecule has 3 nitrogen and oxygen atoms in total. The van der Waals surface area contributed by atoms with Gasteiger partial charge in [-0.25, -0.2) is 4.39 Å². The third-order valence-electron chi connectivity index (χ3n) is 4.56. The molecule has 1 fully saturated rings. The maximum atomic E-state index is 14.2. The van der Waals surface area contributed by atoms with Crippen LogP contribution in [-0.2, 0) is 15.1 Å². The second-order valence-electron chi connectivity index (χ2n) is 6.17. The van der Waals surface area contributed by atoms with Crippen molar-refractivity contribution in [2.24, 2.45) is 0 Å². The summed E-state index contributed by atoms with van der Waals surface area (Å²) in [6.45, 7) is 2.75. The molecule has 0 aromatic heterocycles. The first-order valence-corrected chi connectivity index (χ1v) is 9.07. The maximum absolute atomic E-state index is 14.2. The number of carbonyl (C=O) groups excluding carboxylic acids is 1.